The van der Waals surface area contributed by atoms with Gasteiger partial charge in [-0.05, 0) is 78.2 Å². The predicted octanol–water partition coefficient (Wildman–Crippen LogP) is 11.3. The van der Waals surface area contributed by atoms with Crippen molar-refractivity contribution in [2.24, 2.45) is 0 Å². The minimum Gasteiger partial charge on any atom is -0.310 e. The predicted molar refractivity (Wildman–Crippen MR) is 177 cm³/mol. The second-order valence-electron chi connectivity index (χ2n) is 9.92. The van der Waals surface area contributed by atoms with Crippen LogP contribution in [0.5, 0.6) is 0 Å². The summed E-state index contributed by atoms with van der Waals surface area (Å²) >= 11 is 0. The lowest BCUT2D eigenvalue weighted by Gasteiger charge is -2.27. The lowest BCUT2D eigenvalue weighted by atomic mass is 10.0. The number of fused-ring (bicyclic) bond motifs is 3. The first kappa shape index (κ1) is 26.2. The van der Waals surface area contributed by atoms with Crippen LogP contribution in [-0.4, -0.2) is 4.57 Å². The normalized spacial score (nSPS) is 10.8. The molecule has 0 aliphatic rings. The summed E-state index contributed by atoms with van der Waals surface area (Å²) in [6, 6.07) is 54.2. The summed E-state index contributed by atoms with van der Waals surface area (Å²) in [5.74, 6) is 0. The maximum atomic E-state index is 2.36. The molecule has 2 nitrogen and oxygen atoms in total. The van der Waals surface area contributed by atoms with Gasteiger partial charge in [0.25, 0.3) is 0 Å². The third kappa shape index (κ3) is 4.90. The van der Waals surface area contributed by atoms with Crippen molar-refractivity contribution >= 4 is 38.9 Å². The molecule has 0 amide bonds. The zero-order chi connectivity index (χ0) is 28.2. The van der Waals surface area contributed by atoms with E-state index in [0.29, 0.717) is 0 Å². The Morgan fingerprint density at radius 3 is 1.49 bits per heavy atom. The summed E-state index contributed by atoms with van der Waals surface area (Å²) < 4.78 is 2.36. The van der Waals surface area contributed by atoms with Gasteiger partial charge in [0.2, 0.25) is 0 Å². The molecule has 0 aliphatic heterocycles. The first-order valence-electron chi connectivity index (χ1n) is 14.4. The van der Waals surface area contributed by atoms with E-state index in [1.807, 2.05) is 13.8 Å². The van der Waals surface area contributed by atoms with E-state index < -0.39 is 0 Å². The van der Waals surface area contributed by atoms with Crippen LogP contribution in [0, 0.1) is 6.92 Å². The van der Waals surface area contributed by atoms with E-state index in [1.165, 1.54) is 49.9 Å². The molecule has 0 N–H and O–H groups in total. The Hall–Kier alpha value is -5.08. The van der Waals surface area contributed by atoms with Crippen molar-refractivity contribution < 1.29 is 0 Å². The van der Waals surface area contributed by atoms with E-state index >= 15 is 0 Å². The minimum atomic E-state index is 1.14. The van der Waals surface area contributed by atoms with Gasteiger partial charge >= 0.3 is 0 Å². The molecule has 2 heteroatoms. The van der Waals surface area contributed by atoms with Gasteiger partial charge in [-0.15, -0.1) is 0 Å². The fourth-order valence-corrected chi connectivity index (χ4v) is 5.63. The summed E-state index contributed by atoms with van der Waals surface area (Å²) in [6.45, 7) is 6.17. The number of aromatic nitrogens is 1. The Kier molecular flexibility index (Phi) is 7.38. The number of rotatable bonds is 5. The monoisotopic (exact) mass is 530 g/mol. The standard InChI is InChI=1S/C37H28N2.C2H6/c1-27-11-5-8-16-35(27)38(30-12-3-2-4-13-30)31-23-19-28(20-24-31)29-21-25-32(26-22-29)39-36-17-9-6-14-33(36)34-15-7-10-18-37(34)39;1-2/h2-26H,1H3;1-2H3. The molecule has 6 aromatic carbocycles. The number of aryl methyl sites for hydroxylation is 1. The molecule has 0 saturated heterocycles. The molecule has 0 aliphatic carbocycles. The van der Waals surface area contributed by atoms with E-state index in [0.717, 1.165) is 11.4 Å². The molecular formula is C39H34N2. The molecule has 7 aromatic rings. The van der Waals surface area contributed by atoms with Crippen molar-refractivity contribution in [3.8, 4) is 16.8 Å². The molecule has 1 aromatic heterocycles. The van der Waals surface area contributed by atoms with Crippen molar-refractivity contribution in [2.45, 2.75) is 20.8 Å². The van der Waals surface area contributed by atoms with Gasteiger partial charge in [0.15, 0.2) is 0 Å². The van der Waals surface area contributed by atoms with Gasteiger partial charge in [-0.25, -0.2) is 0 Å². The van der Waals surface area contributed by atoms with Crippen LogP contribution in [-0.2, 0) is 0 Å². The summed E-state index contributed by atoms with van der Waals surface area (Å²) in [7, 11) is 0. The fraction of sp³-hybridized carbons (Fsp3) is 0.0769. The van der Waals surface area contributed by atoms with Crippen LogP contribution in [0.25, 0.3) is 38.6 Å². The highest BCUT2D eigenvalue weighted by Gasteiger charge is 2.15. The third-order valence-electron chi connectivity index (χ3n) is 7.54. The first-order valence-corrected chi connectivity index (χ1v) is 14.4. The van der Waals surface area contributed by atoms with Crippen molar-refractivity contribution in [2.75, 3.05) is 4.90 Å². The van der Waals surface area contributed by atoms with Crippen LogP contribution >= 0.6 is 0 Å². The molecule has 0 fully saturated rings. The van der Waals surface area contributed by atoms with Gasteiger partial charge in [-0.3, -0.25) is 0 Å². The van der Waals surface area contributed by atoms with Crippen molar-refractivity contribution in [3.05, 3.63) is 157 Å². The minimum absolute atomic E-state index is 1.14. The quantitative estimate of drug-likeness (QED) is 0.215. The summed E-state index contributed by atoms with van der Waals surface area (Å²) in [5.41, 5.74) is 10.7. The number of para-hydroxylation sites is 4. The zero-order valence-electron chi connectivity index (χ0n) is 23.8. The average Bonchev–Trinajstić information content (AvgIpc) is 3.39. The van der Waals surface area contributed by atoms with Gasteiger partial charge in [-0.2, -0.15) is 0 Å². The SMILES string of the molecule is CC.Cc1ccccc1N(c1ccccc1)c1ccc(-c2ccc(-n3c4ccccc4c4ccccc43)cc2)cc1. The van der Waals surface area contributed by atoms with E-state index in [1.54, 1.807) is 0 Å². The lowest BCUT2D eigenvalue weighted by Crippen LogP contribution is -2.11. The molecule has 0 radical (unpaired) electrons. The summed E-state index contributed by atoms with van der Waals surface area (Å²) in [4.78, 5) is 2.32. The molecule has 0 spiro atoms. The number of hydrogen-bond donors (Lipinski definition) is 0. The topological polar surface area (TPSA) is 8.17 Å². The van der Waals surface area contributed by atoms with Crippen molar-refractivity contribution in [1.29, 1.82) is 0 Å². The van der Waals surface area contributed by atoms with Crippen LogP contribution in [0.1, 0.15) is 19.4 Å². The van der Waals surface area contributed by atoms with E-state index in [9.17, 15) is 0 Å². The Morgan fingerprint density at radius 2 is 0.902 bits per heavy atom. The second kappa shape index (κ2) is 11.6. The third-order valence-corrected chi connectivity index (χ3v) is 7.54. The van der Waals surface area contributed by atoms with Gasteiger partial charge in [0.05, 0.1) is 11.0 Å². The van der Waals surface area contributed by atoms with Crippen LogP contribution in [0.3, 0.4) is 0 Å². The summed E-state index contributed by atoms with van der Waals surface area (Å²) in [6.07, 6.45) is 0. The maximum Gasteiger partial charge on any atom is 0.0541 e. The van der Waals surface area contributed by atoms with Crippen LogP contribution in [0.4, 0.5) is 17.1 Å². The zero-order valence-corrected chi connectivity index (χ0v) is 23.8. The highest BCUT2D eigenvalue weighted by Crippen LogP contribution is 2.37. The Balaban J connectivity index is 0.00000148. The molecule has 1 heterocycles. The maximum absolute atomic E-state index is 2.36. The number of benzene rings is 6. The highest BCUT2D eigenvalue weighted by atomic mass is 15.1. The number of nitrogens with zero attached hydrogens (tertiary/aromatic N) is 2. The Morgan fingerprint density at radius 1 is 0.439 bits per heavy atom. The van der Waals surface area contributed by atoms with Crippen molar-refractivity contribution in [3.63, 3.8) is 0 Å². The molecule has 0 bridgehead atoms. The van der Waals surface area contributed by atoms with Gasteiger partial charge in [-0.1, -0.05) is 111 Å². The largest absolute Gasteiger partial charge is 0.310 e. The van der Waals surface area contributed by atoms with E-state index in [4.69, 9.17) is 0 Å². The molecule has 41 heavy (non-hydrogen) atoms. The first-order chi connectivity index (χ1) is 20.3. The van der Waals surface area contributed by atoms with E-state index in [-0.39, 0.29) is 0 Å². The van der Waals surface area contributed by atoms with Gasteiger partial charge in [0, 0.05) is 33.5 Å². The second-order valence-corrected chi connectivity index (χ2v) is 9.92. The lowest BCUT2D eigenvalue weighted by molar-refractivity contribution is 1.18. The molecule has 0 unspecified atom stereocenters. The molecule has 0 saturated carbocycles. The molecule has 200 valence electrons. The van der Waals surface area contributed by atoms with Crippen molar-refractivity contribution in [1.82, 2.24) is 4.57 Å². The summed E-state index contributed by atoms with van der Waals surface area (Å²) in [5, 5.41) is 2.56. The van der Waals surface area contributed by atoms with Gasteiger partial charge < -0.3 is 9.47 Å². The van der Waals surface area contributed by atoms with Crippen LogP contribution < -0.4 is 4.90 Å². The van der Waals surface area contributed by atoms with Crippen LogP contribution in [0.2, 0.25) is 0 Å². The smallest absolute Gasteiger partial charge is 0.0541 e. The van der Waals surface area contributed by atoms with Gasteiger partial charge in [0.1, 0.15) is 0 Å². The fourth-order valence-electron chi connectivity index (χ4n) is 5.63. The molecule has 7 rings (SSSR count). The van der Waals surface area contributed by atoms with Crippen LogP contribution in [0.15, 0.2) is 152 Å². The highest BCUT2D eigenvalue weighted by molar-refractivity contribution is 6.09. The number of anilines is 3. The number of hydrogen-bond acceptors (Lipinski definition) is 1. The Labute approximate surface area is 242 Å². The average molecular weight is 531 g/mol. The molecule has 0 atom stereocenters. The van der Waals surface area contributed by atoms with E-state index in [2.05, 4.69) is 168 Å². The molecular weight excluding hydrogens is 496 g/mol. The Bertz CT molecular complexity index is 1840.